The molecule has 0 amide bonds. The maximum atomic E-state index is 6.39. The van der Waals surface area contributed by atoms with Crippen molar-refractivity contribution in [3.05, 3.63) is 205 Å². The Bertz CT molecular complexity index is 2870. The minimum absolute atomic E-state index is 0.513. The van der Waals surface area contributed by atoms with E-state index < -0.39 is 0 Å². The lowest BCUT2D eigenvalue weighted by Crippen LogP contribution is -2.05. The van der Waals surface area contributed by atoms with Gasteiger partial charge in [0.25, 0.3) is 0 Å². The normalized spacial score (nSPS) is 12.1. The van der Waals surface area contributed by atoms with E-state index in [1.807, 2.05) is 60.7 Å². The van der Waals surface area contributed by atoms with Gasteiger partial charge in [-0.2, -0.15) is 0 Å². The number of fused-ring (bicyclic) bond motifs is 4. The Morgan fingerprint density at radius 3 is 1.63 bits per heavy atom. The predicted molar refractivity (Wildman–Crippen MR) is 227 cm³/mol. The number of aliphatic imine (C=N–C) groups is 3. The summed E-state index contributed by atoms with van der Waals surface area (Å²) >= 11 is 0. The molecular weight excluding hydrogens is 659 g/mol. The van der Waals surface area contributed by atoms with Gasteiger partial charge in [0.15, 0.2) is 11.7 Å². The van der Waals surface area contributed by atoms with Gasteiger partial charge in [-0.05, 0) is 98.9 Å². The van der Waals surface area contributed by atoms with E-state index in [1.54, 1.807) is 0 Å². The highest BCUT2D eigenvalue weighted by molar-refractivity contribution is 6.13. The van der Waals surface area contributed by atoms with Gasteiger partial charge in [-0.3, -0.25) is 4.99 Å². The fraction of sp³-hybridized carbons (Fsp3) is 0.0200. The molecule has 0 saturated carbocycles. The molecule has 9 aromatic rings. The summed E-state index contributed by atoms with van der Waals surface area (Å²) in [6.45, 7) is 4.40. The lowest BCUT2D eigenvalue weighted by Gasteiger charge is -2.10. The Labute approximate surface area is 314 Å². The van der Waals surface area contributed by atoms with E-state index in [1.165, 1.54) is 10.8 Å². The van der Waals surface area contributed by atoms with Crippen LogP contribution in [0.5, 0.6) is 0 Å². The minimum Gasteiger partial charge on any atom is -0.456 e. The summed E-state index contributed by atoms with van der Waals surface area (Å²) < 4.78 is 6.39. The first-order valence-electron chi connectivity index (χ1n) is 18.0. The van der Waals surface area contributed by atoms with Gasteiger partial charge in [0.2, 0.25) is 0 Å². The fourth-order valence-electron chi connectivity index (χ4n) is 7.06. The van der Waals surface area contributed by atoms with Crippen LogP contribution in [0.3, 0.4) is 0 Å². The number of nitrogens with zero attached hydrogens (tertiary/aromatic N) is 3. The summed E-state index contributed by atoms with van der Waals surface area (Å²) in [5.74, 6) is 1.13. The Hall–Kier alpha value is -7.17. The summed E-state index contributed by atoms with van der Waals surface area (Å²) in [7, 11) is 0. The molecule has 1 aromatic heterocycles. The average Bonchev–Trinajstić information content (AvgIpc) is 3.60. The van der Waals surface area contributed by atoms with Crippen molar-refractivity contribution in [1.29, 1.82) is 0 Å². The van der Waals surface area contributed by atoms with Crippen LogP contribution in [0.25, 0.3) is 66.1 Å². The van der Waals surface area contributed by atoms with Crippen molar-refractivity contribution in [1.82, 2.24) is 0 Å². The van der Waals surface area contributed by atoms with Gasteiger partial charge in [-0.25, -0.2) is 9.98 Å². The Kier molecular flexibility index (Phi) is 8.76. The van der Waals surface area contributed by atoms with Gasteiger partial charge in [-0.1, -0.05) is 146 Å². The molecule has 0 fully saturated rings. The van der Waals surface area contributed by atoms with Crippen LogP contribution in [-0.2, 0) is 6.54 Å². The largest absolute Gasteiger partial charge is 0.456 e. The zero-order valence-electron chi connectivity index (χ0n) is 29.6. The monoisotopic (exact) mass is 693 g/mol. The van der Waals surface area contributed by atoms with Gasteiger partial charge in [-0.15, -0.1) is 0 Å². The van der Waals surface area contributed by atoms with Crippen LogP contribution >= 0.6 is 0 Å². The van der Waals surface area contributed by atoms with Crippen LogP contribution in [0.1, 0.15) is 16.7 Å². The van der Waals surface area contributed by atoms with E-state index in [0.717, 1.165) is 72.0 Å². The molecule has 9 rings (SSSR count). The molecule has 0 aliphatic carbocycles. The number of rotatable bonds is 7. The minimum atomic E-state index is 0.513. The molecule has 54 heavy (non-hydrogen) atoms. The van der Waals surface area contributed by atoms with Crippen molar-refractivity contribution in [3.8, 4) is 33.4 Å². The summed E-state index contributed by atoms with van der Waals surface area (Å²) in [6.07, 6.45) is 0. The molecule has 0 atom stereocenters. The quantitative estimate of drug-likeness (QED) is 0.121. The first-order chi connectivity index (χ1) is 26.7. The van der Waals surface area contributed by atoms with E-state index in [9.17, 15) is 0 Å². The molecule has 0 spiro atoms. The second-order valence-corrected chi connectivity index (χ2v) is 13.3. The lowest BCUT2D eigenvalue weighted by molar-refractivity contribution is 0.669. The third kappa shape index (κ3) is 6.65. The van der Waals surface area contributed by atoms with Crippen LogP contribution in [-0.4, -0.2) is 18.4 Å². The molecule has 4 nitrogen and oxygen atoms in total. The van der Waals surface area contributed by atoms with E-state index in [2.05, 4.69) is 139 Å². The third-order valence-corrected chi connectivity index (χ3v) is 9.83. The van der Waals surface area contributed by atoms with Gasteiger partial charge in [0.05, 0.1) is 6.54 Å². The second kappa shape index (κ2) is 14.5. The topological polar surface area (TPSA) is 50.2 Å². The van der Waals surface area contributed by atoms with Crippen molar-refractivity contribution >= 4 is 51.1 Å². The Morgan fingerprint density at radius 2 is 0.963 bits per heavy atom. The van der Waals surface area contributed by atoms with Crippen LogP contribution in [0.2, 0.25) is 0 Å². The number of hydrogen-bond acceptors (Lipinski definition) is 2. The average molecular weight is 694 g/mol. The Morgan fingerprint density at radius 1 is 0.426 bits per heavy atom. The zero-order chi connectivity index (χ0) is 36.3. The first kappa shape index (κ1) is 32.7. The van der Waals surface area contributed by atoms with Gasteiger partial charge < -0.3 is 4.42 Å². The summed E-state index contributed by atoms with van der Waals surface area (Å²) in [6, 6.07) is 65.1. The smallest absolute Gasteiger partial charge is 0.161 e. The van der Waals surface area contributed by atoms with Crippen LogP contribution in [0.4, 0.5) is 0 Å². The first-order valence-corrected chi connectivity index (χ1v) is 18.0. The molecule has 0 N–H and O–H groups in total. The molecule has 0 bridgehead atoms. The second-order valence-electron chi connectivity index (χ2n) is 13.3. The van der Waals surface area contributed by atoms with Gasteiger partial charge in [0.1, 0.15) is 11.2 Å². The van der Waals surface area contributed by atoms with Crippen molar-refractivity contribution in [2.24, 2.45) is 15.0 Å². The van der Waals surface area contributed by atoms with E-state index in [0.29, 0.717) is 18.2 Å². The summed E-state index contributed by atoms with van der Waals surface area (Å²) in [4.78, 5) is 14.2. The highest BCUT2D eigenvalue weighted by Crippen LogP contribution is 2.36. The van der Waals surface area contributed by atoms with Crippen LogP contribution < -0.4 is 0 Å². The number of benzene rings is 8. The predicted octanol–water partition coefficient (Wildman–Crippen LogP) is 12.8. The standard InChI is InChI=1S/C50H35N3O/c1-51-49(53-50(35-15-6-3-7-16-35)52-33-34-13-4-2-5-14-34)44-24-12-23-40(29-44)38-21-10-19-36(27-38)37-20-11-22-39(28-37)43-25-26-45-46-30-41-17-8-9-18-42(41)31-48(46)54-47(45)32-43/h2-32H,1,33H2. The van der Waals surface area contributed by atoms with Crippen molar-refractivity contribution in [2.45, 2.75) is 6.54 Å². The molecule has 0 unspecified atom stereocenters. The molecule has 0 saturated heterocycles. The van der Waals surface area contributed by atoms with Crippen LogP contribution in [0.15, 0.2) is 207 Å². The molecule has 0 radical (unpaired) electrons. The third-order valence-electron chi connectivity index (χ3n) is 9.83. The maximum Gasteiger partial charge on any atom is 0.161 e. The van der Waals surface area contributed by atoms with Gasteiger partial charge in [0, 0.05) is 21.9 Å². The summed E-state index contributed by atoms with van der Waals surface area (Å²) in [5.41, 5.74) is 11.4. The number of amidine groups is 2. The maximum absolute atomic E-state index is 6.39. The van der Waals surface area contributed by atoms with Gasteiger partial charge >= 0.3 is 0 Å². The molecular formula is C50H35N3O. The zero-order valence-corrected chi connectivity index (χ0v) is 29.6. The number of hydrogen-bond donors (Lipinski definition) is 0. The Balaban J connectivity index is 1.02. The van der Waals surface area contributed by atoms with E-state index in [4.69, 9.17) is 14.4 Å². The van der Waals surface area contributed by atoms with Crippen molar-refractivity contribution in [3.63, 3.8) is 0 Å². The van der Waals surface area contributed by atoms with Crippen molar-refractivity contribution in [2.75, 3.05) is 0 Å². The van der Waals surface area contributed by atoms with E-state index >= 15 is 0 Å². The molecule has 4 heteroatoms. The SMILES string of the molecule is C=NC(=NC(=NCc1ccccc1)c1ccccc1)c1cccc(-c2cccc(-c3cccc(-c4ccc5c(c4)oc4cc6ccccc6cc45)c3)c2)c1. The van der Waals surface area contributed by atoms with E-state index in [-0.39, 0.29) is 0 Å². The molecule has 256 valence electrons. The lowest BCUT2D eigenvalue weighted by atomic mass is 9.95. The molecule has 8 aromatic carbocycles. The highest BCUT2D eigenvalue weighted by Gasteiger charge is 2.12. The molecule has 1 heterocycles. The summed E-state index contributed by atoms with van der Waals surface area (Å²) in [5, 5.41) is 4.66. The van der Waals surface area contributed by atoms with Crippen LogP contribution in [0, 0.1) is 0 Å². The van der Waals surface area contributed by atoms with Crippen molar-refractivity contribution < 1.29 is 4.42 Å². The number of furan rings is 1. The molecule has 0 aliphatic heterocycles. The molecule has 0 aliphatic rings. The highest BCUT2D eigenvalue weighted by atomic mass is 16.3. The fourth-order valence-corrected chi connectivity index (χ4v) is 7.06.